The third-order valence-electron chi connectivity index (χ3n) is 0.887. The quantitative estimate of drug-likeness (QED) is 0.400. The van der Waals surface area contributed by atoms with Crippen LogP contribution in [0, 0.1) is 0 Å². The molecule has 0 saturated carbocycles. The van der Waals surface area contributed by atoms with Gasteiger partial charge >= 0.3 is 10.4 Å². The monoisotopic (exact) mass is 225 g/mol. The number of nitrogens with zero attached hydrogens (tertiary/aromatic N) is 1. The van der Waals surface area contributed by atoms with Crippen molar-refractivity contribution in [3.8, 4) is 0 Å². The second-order valence-electron chi connectivity index (χ2n) is 1.95. The van der Waals surface area contributed by atoms with Crippen LogP contribution in [0.25, 0.3) is 0 Å². The van der Waals surface area contributed by atoms with E-state index in [2.05, 4.69) is 4.98 Å². The van der Waals surface area contributed by atoms with Crippen LogP contribution >= 0.6 is 0 Å². The van der Waals surface area contributed by atoms with Gasteiger partial charge in [0.2, 0.25) is 0 Å². The summed E-state index contributed by atoms with van der Waals surface area (Å²) in [7, 11) is -4.67. The zero-order valence-corrected chi connectivity index (χ0v) is 7.77. The van der Waals surface area contributed by atoms with Gasteiger partial charge in [-0.1, -0.05) is 0 Å². The number of hydrogen-bond acceptors (Lipinski definition) is 5. The number of anilines is 2. The third kappa shape index (κ3) is 10.6. The van der Waals surface area contributed by atoms with E-state index in [1.165, 1.54) is 6.20 Å². The highest BCUT2D eigenvalue weighted by Gasteiger charge is 1.86. The predicted octanol–water partition coefficient (Wildman–Crippen LogP) is -1.23. The van der Waals surface area contributed by atoms with Gasteiger partial charge in [0.05, 0.1) is 17.6 Å². The predicted molar refractivity (Wildman–Crippen MR) is 50.9 cm³/mol. The molecule has 0 aliphatic rings. The molecule has 0 atom stereocenters. The molecule has 0 unspecified atom stereocenters. The summed E-state index contributed by atoms with van der Waals surface area (Å²) in [5.74, 6) is 0. The Hall–Kier alpha value is -1.42. The van der Waals surface area contributed by atoms with Gasteiger partial charge in [0.15, 0.2) is 0 Å². The number of rotatable bonds is 0. The minimum Gasteiger partial charge on any atom is -0.412 e. The van der Waals surface area contributed by atoms with E-state index in [-0.39, 0.29) is 5.48 Å². The molecule has 82 valence electrons. The second kappa shape index (κ2) is 6.10. The summed E-state index contributed by atoms with van der Waals surface area (Å²) >= 11 is 0. The van der Waals surface area contributed by atoms with Crippen LogP contribution in [0.1, 0.15) is 0 Å². The lowest BCUT2D eigenvalue weighted by Crippen LogP contribution is -1.93. The van der Waals surface area contributed by atoms with Crippen molar-refractivity contribution in [1.82, 2.24) is 4.98 Å². The third-order valence-corrected chi connectivity index (χ3v) is 0.887. The highest BCUT2D eigenvalue weighted by Crippen LogP contribution is 2.08. The fraction of sp³-hybridized carbons (Fsp3) is 0. The molecule has 14 heavy (non-hydrogen) atoms. The molecule has 0 aliphatic heterocycles. The molecule has 0 radical (unpaired) electrons. The largest absolute Gasteiger partial charge is 0.412 e. The lowest BCUT2D eigenvalue weighted by atomic mass is 10.4. The van der Waals surface area contributed by atoms with Crippen molar-refractivity contribution in [2.24, 2.45) is 0 Å². The summed E-state index contributed by atoms with van der Waals surface area (Å²) in [4.78, 5) is 3.74. The molecule has 0 aliphatic carbocycles. The van der Waals surface area contributed by atoms with E-state index in [9.17, 15) is 0 Å². The Morgan fingerprint density at radius 2 is 1.64 bits per heavy atom. The second-order valence-corrected chi connectivity index (χ2v) is 2.85. The van der Waals surface area contributed by atoms with Crippen LogP contribution in [-0.4, -0.2) is 28.0 Å². The van der Waals surface area contributed by atoms with Gasteiger partial charge in [-0.15, -0.1) is 0 Å². The van der Waals surface area contributed by atoms with Crippen molar-refractivity contribution in [3.63, 3.8) is 0 Å². The maximum atomic E-state index is 8.74. The number of hydrogen-bond donors (Lipinski definition) is 4. The SMILES string of the molecule is Nc1ccncc1N.O.O=S(=O)(O)O. The maximum Gasteiger partial charge on any atom is 0.394 e. The van der Waals surface area contributed by atoms with E-state index >= 15 is 0 Å². The number of pyridine rings is 1. The average Bonchev–Trinajstić information content (AvgIpc) is 1.92. The van der Waals surface area contributed by atoms with Crippen molar-refractivity contribution in [2.75, 3.05) is 11.5 Å². The summed E-state index contributed by atoms with van der Waals surface area (Å²) < 4.78 is 31.6. The van der Waals surface area contributed by atoms with Crippen molar-refractivity contribution in [2.45, 2.75) is 0 Å². The molecular formula is C5H11N3O5S. The standard InChI is InChI=1S/C5H7N3.H2O4S.H2O/c6-4-1-2-8-3-5(4)7;1-5(2,3)4;/h1-3H,7H2,(H2,6,8);(H2,1,2,3,4);1H2. The summed E-state index contributed by atoms with van der Waals surface area (Å²) in [5, 5.41) is 0. The smallest absolute Gasteiger partial charge is 0.394 e. The van der Waals surface area contributed by atoms with Gasteiger partial charge in [-0.3, -0.25) is 14.1 Å². The molecule has 0 amide bonds. The molecular weight excluding hydrogens is 214 g/mol. The van der Waals surface area contributed by atoms with E-state index in [0.717, 1.165) is 0 Å². The van der Waals surface area contributed by atoms with Crippen molar-refractivity contribution in [1.29, 1.82) is 0 Å². The first kappa shape index (κ1) is 15.1. The van der Waals surface area contributed by atoms with Crippen molar-refractivity contribution in [3.05, 3.63) is 18.5 Å². The van der Waals surface area contributed by atoms with E-state index in [4.69, 9.17) is 29.0 Å². The molecule has 1 aromatic heterocycles. The molecule has 1 heterocycles. The Labute approximate surface area is 80.4 Å². The van der Waals surface area contributed by atoms with Crippen molar-refractivity contribution >= 4 is 21.8 Å². The zero-order chi connectivity index (χ0) is 10.5. The Balaban J connectivity index is 0. The van der Waals surface area contributed by atoms with Crippen LogP contribution in [-0.2, 0) is 10.4 Å². The minimum absolute atomic E-state index is 0. The van der Waals surface area contributed by atoms with Crippen LogP contribution in [0.15, 0.2) is 18.5 Å². The molecule has 0 bridgehead atoms. The Morgan fingerprint density at radius 3 is 1.86 bits per heavy atom. The van der Waals surface area contributed by atoms with Gasteiger partial charge in [-0.2, -0.15) is 8.42 Å². The average molecular weight is 225 g/mol. The molecule has 8 nitrogen and oxygen atoms in total. The fourth-order valence-electron chi connectivity index (χ4n) is 0.417. The number of nitrogen functional groups attached to an aromatic ring is 2. The highest BCUT2D eigenvalue weighted by atomic mass is 32.3. The van der Waals surface area contributed by atoms with Crippen LogP contribution < -0.4 is 11.5 Å². The number of nitrogens with two attached hydrogens (primary N) is 2. The molecule has 8 N–H and O–H groups in total. The minimum atomic E-state index is -4.67. The molecule has 9 heteroatoms. The first-order valence-corrected chi connectivity index (χ1v) is 4.35. The van der Waals surface area contributed by atoms with E-state index in [1.807, 2.05) is 0 Å². The summed E-state index contributed by atoms with van der Waals surface area (Å²) in [6.45, 7) is 0. The van der Waals surface area contributed by atoms with Crippen LogP contribution in [0.4, 0.5) is 11.4 Å². The summed E-state index contributed by atoms with van der Waals surface area (Å²) in [6, 6.07) is 1.66. The molecule has 1 aromatic rings. The van der Waals surface area contributed by atoms with E-state index < -0.39 is 10.4 Å². The van der Waals surface area contributed by atoms with Gasteiger partial charge in [0, 0.05) is 6.20 Å². The Kier molecular flexibility index (Phi) is 6.56. The Bertz CT molecular complexity index is 336. The summed E-state index contributed by atoms with van der Waals surface area (Å²) in [6.07, 6.45) is 3.13. The first-order valence-electron chi connectivity index (χ1n) is 2.95. The topological polar surface area (TPSA) is 171 Å². The molecule has 1 rings (SSSR count). The van der Waals surface area contributed by atoms with Crippen molar-refractivity contribution < 1.29 is 23.0 Å². The molecule has 0 fully saturated rings. The highest BCUT2D eigenvalue weighted by molar-refractivity contribution is 7.79. The first-order chi connectivity index (χ1) is 5.80. The van der Waals surface area contributed by atoms with Crippen LogP contribution in [0.2, 0.25) is 0 Å². The van der Waals surface area contributed by atoms with E-state index in [1.54, 1.807) is 12.3 Å². The van der Waals surface area contributed by atoms with Gasteiger partial charge in [0.1, 0.15) is 0 Å². The van der Waals surface area contributed by atoms with Crippen LogP contribution in [0.5, 0.6) is 0 Å². The van der Waals surface area contributed by atoms with Gasteiger partial charge in [-0.05, 0) is 6.07 Å². The van der Waals surface area contributed by atoms with Crippen LogP contribution in [0.3, 0.4) is 0 Å². The maximum absolute atomic E-state index is 8.74. The van der Waals surface area contributed by atoms with Gasteiger partial charge in [-0.25, -0.2) is 0 Å². The van der Waals surface area contributed by atoms with Gasteiger partial charge in [0.25, 0.3) is 0 Å². The zero-order valence-electron chi connectivity index (χ0n) is 6.95. The molecule has 0 spiro atoms. The lowest BCUT2D eigenvalue weighted by Gasteiger charge is -1.93. The normalized spacial score (nSPS) is 9.29. The molecule has 0 saturated heterocycles. The van der Waals surface area contributed by atoms with E-state index in [0.29, 0.717) is 11.4 Å². The lowest BCUT2D eigenvalue weighted by molar-refractivity contribution is 0.381. The fourth-order valence-corrected chi connectivity index (χ4v) is 0.417. The van der Waals surface area contributed by atoms with Gasteiger partial charge < -0.3 is 16.9 Å². The summed E-state index contributed by atoms with van der Waals surface area (Å²) in [5.41, 5.74) is 11.8. The molecule has 0 aromatic carbocycles. The number of aromatic nitrogens is 1. The Morgan fingerprint density at radius 1 is 1.21 bits per heavy atom.